The second-order valence-corrected chi connectivity index (χ2v) is 3.54. The van der Waals surface area contributed by atoms with Crippen LogP contribution in [0.25, 0.3) is 0 Å². The van der Waals surface area contributed by atoms with E-state index in [0.29, 0.717) is 0 Å². The molecule has 80 valence electrons. The minimum Gasteiger partial charge on any atom is -0.766 e. The summed E-state index contributed by atoms with van der Waals surface area (Å²) in [5.41, 5.74) is 0. The zero-order chi connectivity index (χ0) is 10.3. The van der Waals surface area contributed by atoms with Crippen LogP contribution in [0.2, 0.25) is 0 Å². The van der Waals surface area contributed by atoms with Crippen molar-refractivity contribution in [3.63, 3.8) is 0 Å². The first-order chi connectivity index (χ1) is 5.29. The fraction of sp³-hybridized carbons (Fsp3) is 0.500. The number of hydrogen-bond donors (Lipinski definition) is 0. The van der Waals surface area contributed by atoms with E-state index in [1.54, 1.807) is 0 Å². The fourth-order valence-electron chi connectivity index (χ4n) is 0. The Kier molecular flexibility index (Phi) is 15.0. The average molecular weight is 409 g/mol. The van der Waals surface area contributed by atoms with Gasteiger partial charge in [0.05, 0.1) is 0 Å². The summed E-state index contributed by atoms with van der Waals surface area (Å²) < 4.78 is 37.4. The zero-order valence-electron chi connectivity index (χ0n) is 6.58. The van der Waals surface area contributed by atoms with E-state index in [0.717, 1.165) is 13.8 Å². The summed E-state index contributed by atoms with van der Waals surface area (Å²) >= 11 is -5.01. The van der Waals surface area contributed by atoms with Gasteiger partial charge < -0.3 is 9.11 Å². The first-order valence-electron chi connectivity index (χ1n) is 2.48. The van der Waals surface area contributed by atoms with Gasteiger partial charge in [-0.1, -0.05) is 0 Å². The summed E-state index contributed by atoms with van der Waals surface area (Å²) in [5, 5.41) is -1.65. The van der Waals surface area contributed by atoms with E-state index in [1.807, 2.05) is 0 Å². The van der Waals surface area contributed by atoms with E-state index in [9.17, 15) is 27.1 Å². The Bertz CT molecular complexity index is 179. The summed E-state index contributed by atoms with van der Waals surface area (Å²) in [5.74, 6) is 0. The molecule has 0 saturated heterocycles. The van der Waals surface area contributed by atoms with Gasteiger partial charge in [0.2, 0.25) is 10.2 Å². The Hall–Kier alpha value is 0.248. The van der Waals surface area contributed by atoms with Crippen LogP contribution < -0.4 is 0 Å². The quantitative estimate of drug-likeness (QED) is 0.466. The molecule has 0 saturated carbocycles. The van der Waals surface area contributed by atoms with Crippen LogP contribution in [0.1, 0.15) is 13.8 Å². The largest absolute Gasteiger partial charge is 2.00 e. The molecule has 9 heteroatoms. The van der Waals surface area contributed by atoms with Crippen molar-refractivity contribution in [2.75, 3.05) is 0 Å². The van der Waals surface area contributed by atoms with Gasteiger partial charge in [-0.25, -0.2) is 0 Å². The third kappa shape index (κ3) is 18.9. The van der Waals surface area contributed by atoms with Crippen LogP contribution in [0.3, 0.4) is 0 Å². The molecule has 0 bridgehead atoms. The molecule has 2 unspecified atom stereocenters. The topological polar surface area (TPSA) is 114 Å². The Morgan fingerprint density at radius 3 is 1.00 bits per heavy atom. The van der Waals surface area contributed by atoms with Gasteiger partial charge in [0.25, 0.3) is 0 Å². The summed E-state index contributed by atoms with van der Waals surface area (Å²) in [4.78, 5) is 19.1. The summed E-state index contributed by atoms with van der Waals surface area (Å²) in [6.45, 7) is 1.98. The van der Waals surface area contributed by atoms with Crippen LogP contribution in [0.15, 0.2) is 0 Å². The molecule has 0 aliphatic heterocycles. The molecular weight excluding hydrogens is 403 g/mol. The van der Waals surface area contributed by atoms with Crippen LogP contribution in [-0.4, -0.2) is 27.8 Å². The Morgan fingerprint density at radius 1 is 0.923 bits per heavy atom. The summed E-state index contributed by atoms with van der Waals surface area (Å²) in [6, 6.07) is 0. The number of rotatable bonds is 0. The molecule has 0 amide bonds. The van der Waals surface area contributed by atoms with Gasteiger partial charge in [0.1, 0.15) is 0 Å². The van der Waals surface area contributed by atoms with Gasteiger partial charge in [0, 0.05) is 36.0 Å². The van der Waals surface area contributed by atoms with E-state index >= 15 is 0 Å². The van der Waals surface area contributed by atoms with Gasteiger partial charge in [-0.05, 0) is 0 Å². The monoisotopic (exact) mass is 409 g/mol. The van der Waals surface area contributed by atoms with Gasteiger partial charge in [0.15, 0.2) is 0 Å². The third-order valence-corrected chi connectivity index (χ3v) is 1.41. The standard InChI is InChI=1S/2C2H4O3S.Pt/c2*1-2(3)6(4)5;/h2*1H3,(H,4,5);/q;;+2/p-2. The zero-order valence-corrected chi connectivity index (χ0v) is 10.5. The maximum Gasteiger partial charge on any atom is 2.00 e. The number of carbonyl (C=O) groups excluding carboxylic acids is 2. The van der Waals surface area contributed by atoms with E-state index in [1.165, 1.54) is 0 Å². The van der Waals surface area contributed by atoms with E-state index in [2.05, 4.69) is 0 Å². The molecule has 0 aliphatic rings. The number of hydrogen-bond acceptors (Lipinski definition) is 6. The first-order valence-corrected chi connectivity index (χ1v) is 4.63. The maximum absolute atomic E-state index is 9.53. The van der Waals surface area contributed by atoms with Gasteiger partial charge in [-0.15, -0.1) is 0 Å². The smallest absolute Gasteiger partial charge is 0.766 e. The molecule has 0 aromatic rings. The minimum atomic E-state index is -2.51. The van der Waals surface area contributed by atoms with E-state index < -0.39 is 32.4 Å². The number of carbonyl (C=O) groups is 2. The van der Waals surface area contributed by atoms with Crippen molar-refractivity contribution in [2.24, 2.45) is 0 Å². The summed E-state index contributed by atoms with van der Waals surface area (Å²) in [7, 11) is 0. The van der Waals surface area contributed by atoms with Gasteiger partial charge in [-0.2, -0.15) is 0 Å². The van der Waals surface area contributed by atoms with Crippen LogP contribution >= 0.6 is 0 Å². The maximum atomic E-state index is 9.53. The Balaban J connectivity index is -0.000000143. The van der Waals surface area contributed by atoms with E-state index in [-0.39, 0.29) is 21.1 Å². The second-order valence-electron chi connectivity index (χ2n) is 1.45. The van der Waals surface area contributed by atoms with Crippen LogP contribution in [0.5, 0.6) is 0 Å². The van der Waals surface area contributed by atoms with Crippen molar-refractivity contribution in [2.45, 2.75) is 13.8 Å². The molecule has 0 aromatic heterocycles. The van der Waals surface area contributed by atoms with Crippen molar-refractivity contribution in [3.8, 4) is 0 Å². The third-order valence-electron chi connectivity index (χ3n) is 0.469. The molecule has 0 heterocycles. The van der Waals surface area contributed by atoms with Crippen molar-refractivity contribution < 1.29 is 48.2 Å². The van der Waals surface area contributed by atoms with Crippen molar-refractivity contribution in [1.82, 2.24) is 0 Å². The molecule has 0 N–H and O–H groups in total. The molecule has 2 atom stereocenters. The van der Waals surface area contributed by atoms with Gasteiger partial charge >= 0.3 is 21.1 Å². The van der Waals surface area contributed by atoms with Crippen molar-refractivity contribution in [1.29, 1.82) is 0 Å². The predicted octanol–water partition coefficient (Wildman–Crippen LogP) is -1.18. The molecule has 0 rings (SSSR count). The van der Waals surface area contributed by atoms with Gasteiger partial charge in [-0.3, -0.25) is 18.0 Å². The normalized spacial score (nSPS) is 12.6. The average Bonchev–Trinajstić information content (AvgIpc) is 1.88. The SMILES string of the molecule is CC(=O)S(=O)[O-].CC(=O)S(=O)[O-].[Pt+2]. The van der Waals surface area contributed by atoms with E-state index in [4.69, 9.17) is 0 Å². The van der Waals surface area contributed by atoms with Crippen LogP contribution in [0, 0.1) is 0 Å². The molecule has 0 spiro atoms. The molecule has 0 aromatic carbocycles. The Morgan fingerprint density at radius 2 is 1.00 bits per heavy atom. The molecule has 0 fully saturated rings. The van der Waals surface area contributed by atoms with Crippen molar-refractivity contribution in [3.05, 3.63) is 0 Å². The molecular formula is C4H6O6PtS2. The summed E-state index contributed by atoms with van der Waals surface area (Å²) in [6.07, 6.45) is 0. The second kappa shape index (κ2) is 10.3. The fourth-order valence-corrected chi connectivity index (χ4v) is 0. The van der Waals surface area contributed by atoms with Crippen LogP contribution in [0.4, 0.5) is 0 Å². The first kappa shape index (κ1) is 18.9. The molecule has 6 nitrogen and oxygen atoms in total. The molecule has 0 radical (unpaired) electrons. The predicted molar refractivity (Wildman–Crippen MR) is 39.2 cm³/mol. The van der Waals surface area contributed by atoms with Crippen LogP contribution in [-0.2, 0) is 52.8 Å². The Labute approximate surface area is 94.3 Å². The molecule has 0 aliphatic carbocycles. The minimum absolute atomic E-state index is 0. The van der Waals surface area contributed by atoms with Crippen molar-refractivity contribution >= 4 is 32.4 Å². The molecule has 13 heavy (non-hydrogen) atoms.